The minimum Gasteiger partial charge on any atom is -0.379 e. The van der Waals surface area contributed by atoms with E-state index in [-0.39, 0.29) is 11.6 Å². The smallest absolute Gasteiger partial charge is 0.341 e. The molecule has 6 nitrogen and oxygen atoms in total. The van der Waals surface area contributed by atoms with Crippen LogP contribution in [0.25, 0.3) is 0 Å². The number of carbonyl (C=O) groups excluding carboxylic acids is 1. The number of amides is 1. The van der Waals surface area contributed by atoms with E-state index in [2.05, 4.69) is 10.2 Å². The monoisotopic (exact) mass is 430 g/mol. The summed E-state index contributed by atoms with van der Waals surface area (Å²) in [5, 5.41) is 4.83. The summed E-state index contributed by atoms with van der Waals surface area (Å²) in [6.07, 6.45) is 0. The molecule has 0 radical (unpaired) electrons. The Bertz CT molecular complexity index is 881. The maximum Gasteiger partial charge on any atom is 0.341 e. The topological polar surface area (TPSA) is 75.7 Å². The van der Waals surface area contributed by atoms with E-state index >= 15 is 0 Å². The van der Waals surface area contributed by atoms with Crippen molar-refractivity contribution in [2.75, 3.05) is 32.8 Å². The van der Waals surface area contributed by atoms with Gasteiger partial charge in [0.05, 0.1) is 24.2 Å². The van der Waals surface area contributed by atoms with Crippen molar-refractivity contribution in [1.29, 1.82) is 0 Å². The van der Waals surface area contributed by atoms with E-state index in [4.69, 9.17) is 4.74 Å². The molecule has 1 saturated heterocycles. The average Bonchev–Trinajstić information content (AvgIpc) is 3.23. The third-order valence-corrected chi connectivity index (χ3v) is 6.87. The Hall–Kier alpha value is -1.88. The van der Waals surface area contributed by atoms with Gasteiger partial charge in [0.25, 0.3) is 5.91 Å². The van der Waals surface area contributed by atoms with Gasteiger partial charge in [-0.3, -0.25) is 9.69 Å². The number of nitrogens with one attached hydrogen (secondary N) is 1. The number of benzene rings is 1. The van der Waals surface area contributed by atoms with Gasteiger partial charge in [-0.05, 0) is 35.7 Å². The highest BCUT2D eigenvalue weighted by molar-refractivity contribution is 7.91. The zero-order valence-electron chi connectivity index (χ0n) is 14.9. The maximum atomic E-state index is 12.6. The minimum absolute atomic E-state index is 0.00587. The van der Waals surface area contributed by atoms with Crippen LogP contribution in [-0.4, -0.2) is 57.8 Å². The van der Waals surface area contributed by atoms with E-state index in [1.165, 1.54) is 12.1 Å². The molecular weight excluding hydrogens is 410 g/mol. The van der Waals surface area contributed by atoms with Crippen LogP contribution in [0.3, 0.4) is 0 Å². The molecule has 1 unspecified atom stereocenters. The Morgan fingerprint density at radius 1 is 1.18 bits per heavy atom. The fraction of sp³-hybridized carbons (Fsp3) is 0.389. The summed E-state index contributed by atoms with van der Waals surface area (Å²) in [5.41, 5.74) is 0.208. The molecule has 1 aliphatic heterocycles. The van der Waals surface area contributed by atoms with Gasteiger partial charge in [-0.2, -0.15) is 8.78 Å². The van der Waals surface area contributed by atoms with Crippen LogP contribution in [-0.2, 0) is 14.6 Å². The molecule has 0 bridgehead atoms. The van der Waals surface area contributed by atoms with Crippen LogP contribution in [0.4, 0.5) is 8.78 Å². The van der Waals surface area contributed by atoms with Gasteiger partial charge in [0.2, 0.25) is 9.84 Å². The van der Waals surface area contributed by atoms with Crippen LogP contribution in [0, 0.1) is 0 Å². The summed E-state index contributed by atoms with van der Waals surface area (Å²) in [6, 6.07) is 8.49. The van der Waals surface area contributed by atoms with Gasteiger partial charge in [0.15, 0.2) is 0 Å². The molecule has 152 valence electrons. The number of hydrogen-bond acceptors (Lipinski definition) is 6. The number of halogens is 2. The zero-order chi connectivity index (χ0) is 20.1. The maximum absolute atomic E-state index is 12.6. The molecule has 0 aliphatic carbocycles. The first-order valence-electron chi connectivity index (χ1n) is 8.65. The largest absolute Gasteiger partial charge is 0.379 e. The molecule has 1 fully saturated rings. The molecule has 0 saturated carbocycles. The first-order valence-corrected chi connectivity index (χ1v) is 11.1. The number of sulfone groups is 1. The molecule has 10 heteroatoms. The van der Waals surface area contributed by atoms with E-state index in [1.807, 2.05) is 17.5 Å². The second-order valence-electron chi connectivity index (χ2n) is 6.22. The van der Waals surface area contributed by atoms with Crippen LogP contribution in [0.2, 0.25) is 0 Å². The number of thiophene rings is 1. The van der Waals surface area contributed by atoms with Crippen LogP contribution >= 0.6 is 11.3 Å². The van der Waals surface area contributed by atoms with Crippen molar-refractivity contribution in [2.45, 2.75) is 16.7 Å². The quantitative estimate of drug-likeness (QED) is 0.731. The summed E-state index contributed by atoms with van der Waals surface area (Å²) in [4.78, 5) is 15.3. The highest BCUT2D eigenvalue weighted by Gasteiger charge is 2.27. The summed E-state index contributed by atoms with van der Waals surface area (Å²) >= 11 is 1.61. The van der Waals surface area contributed by atoms with Gasteiger partial charge >= 0.3 is 5.76 Å². The van der Waals surface area contributed by atoms with Gasteiger partial charge in [-0.1, -0.05) is 6.07 Å². The second kappa shape index (κ2) is 9.08. The first-order chi connectivity index (χ1) is 13.4. The lowest BCUT2D eigenvalue weighted by atomic mass is 10.1. The Labute approximate surface area is 166 Å². The predicted molar refractivity (Wildman–Crippen MR) is 101 cm³/mol. The molecule has 1 aromatic heterocycles. The van der Waals surface area contributed by atoms with Gasteiger partial charge < -0.3 is 10.1 Å². The van der Waals surface area contributed by atoms with Gasteiger partial charge in [-0.25, -0.2) is 8.42 Å². The van der Waals surface area contributed by atoms with Crippen molar-refractivity contribution >= 4 is 27.1 Å². The number of carbonyl (C=O) groups is 1. The Morgan fingerprint density at radius 2 is 1.86 bits per heavy atom. The van der Waals surface area contributed by atoms with Crippen LogP contribution in [0.1, 0.15) is 21.3 Å². The Morgan fingerprint density at radius 3 is 2.43 bits per heavy atom. The molecular formula is C18H20F2N2O4S2. The van der Waals surface area contributed by atoms with E-state index in [0.717, 1.165) is 30.1 Å². The number of alkyl halides is 2. The third kappa shape index (κ3) is 4.75. The third-order valence-electron chi connectivity index (χ3n) is 4.49. The fourth-order valence-electron chi connectivity index (χ4n) is 2.97. The second-order valence-corrected chi connectivity index (χ2v) is 9.12. The molecule has 1 N–H and O–H groups in total. The van der Waals surface area contributed by atoms with Crippen molar-refractivity contribution in [3.63, 3.8) is 0 Å². The van der Waals surface area contributed by atoms with Crippen molar-refractivity contribution in [2.24, 2.45) is 0 Å². The number of hydrogen-bond donors (Lipinski definition) is 1. The fourth-order valence-corrected chi connectivity index (χ4v) is 4.55. The van der Waals surface area contributed by atoms with Gasteiger partial charge in [-0.15, -0.1) is 11.3 Å². The molecule has 2 heterocycles. The Balaban J connectivity index is 1.67. The summed E-state index contributed by atoms with van der Waals surface area (Å²) in [7, 11) is -4.67. The van der Waals surface area contributed by atoms with E-state index in [0.29, 0.717) is 19.8 Å². The summed E-state index contributed by atoms with van der Waals surface area (Å²) < 4.78 is 53.5. The summed E-state index contributed by atoms with van der Waals surface area (Å²) in [6.45, 7) is 3.17. The molecule has 0 spiro atoms. The van der Waals surface area contributed by atoms with E-state index in [1.54, 1.807) is 11.3 Å². The SMILES string of the molecule is O=C(NCC(c1cccs1)N1CCOCC1)c1ccc(S(=O)(=O)C(F)F)cc1. The Kier molecular flexibility index (Phi) is 6.76. The molecule has 2 aromatic rings. The molecule has 1 atom stereocenters. The summed E-state index contributed by atoms with van der Waals surface area (Å²) in [5.74, 6) is -3.89. The number of nitrogens with zero attached hydrogens (tertiary/aromatic N) is 1. The predicted octanol–water partition coefficient (Wildman–Crippen LogP) is 2.55. The zero-order valence-corrected chi connectivity index (χ0v) is 16.5. The molecule has 1 aromatic carbocycles. The van der Waals surface area contributed by atoms with Crippen LogP contribution in [0.5, 0.6) is 0 Å². The van der Waals surface area contributed by atoms with Crippen LogP contribution < -0.4 is 5.32 Å². The lowest BCUT2D eigenvalue weighted by Crippen LogP contribution is -2.43. The highest BCUT2D eigenvalue weighted by Crippen LogP contribution is 2.25. The number of ether oxygens (including phenoxy) is 1. The average molecular weight is 430 g/mol. The normalized spacial score (nSPS) is 16.8. The molecule has 3 rings (SSSR count). The van der Waals surface area contributed by atoms with Crippen molar-refractivity contribution < 1.29 is 26.7 Å². The number of rotatable bonds is 7. The van der Waals surface area contributed by atoms with Crippen molar-refractivity contribution in [1.82, 2.24) is 10.2 Å². The van der Waals surface area contributed by atoms with Gasteiger partial charge in [0.1, 0.15) is 0 Å². The minimum atomic E-state index is -4.67. The molecule has 1 aliphatic rings. The van der Waals surface area contributed by atoms with Crippen LogP contribution in [0.15, 0.2) is 46.7 Å². The van der Waals surface area contributed by atoms with Crippen molar-refractivity contribution in [3.8, 4) is 0 Å². The van der Waals surface area contributed by atoms with E-state index in [9.17, 15) is 22.0 Å². The standard InChI is InChI=1S/C18H20F2N2O4S2/c19-18(20)28(24,25)14-5-3-13(4-6-14)17(23)21-12-15(16-2-1-11-27-16)22-7-9-26-10-8-22/h1-6,11,15,18H,7-10,12H2,(H,21,23). The number of morpholine rings is 1. The lowest BCUT2D eigenvalue weighted by molar-refractivity contribution is 0.0169. The van der Waals surface area contributed by atoms with E-state index < -0.39 is 26.4 Å². The molecule has 28 heavy (non-hydrogen) atoms. The highest BCUT2D eigenvalue weighted by atomic mass is 32.2. The first kappa shape index (κ1) is 20.8. The molecule has 1 amide bonds. The lowest BCUT2D eigenvalue weighted by Gasteiger charge is -2.34. The van der Waals surface area contributed by atoms with Crippen molar-refractivity contribution in [3.05, 3.63) is 52.2 Å². The van der Waals surface area contributed by atoms with Gasteiger partial charge in [0, 0.05) is 30.1 Å².